The van der Waals surface area contributed by atoms with Crippen molar-refractivity contribution in [3.05, 3.63) is 83.8 Å². The van der Waals surface area contributed by atoms with Crippen LogP contribution in [0.25, 0.3) is 10.8 Å². The third-order valence-electron chi connectivity index (χ3n) is 7.81. The molecule has 2 aliphatic rings. The first-order chi connectivity index (χ1) is 18.1. The van der Waals surface area contributed by atoms with Gasteiger partial charge in [-0.2, -0.15) is 0 Å². The molecule has 0 aliphatic carbocycles. The van der Waals surface area contributed by atoms with E-state index in [4.69, 9.17) is 26.1 Å². The summed E-state index contributed by atoms with van der Waals surface area (Å²) >= 11 is 6.10. The Morgan fingerprint density at radius 1 is 0.946 bits per heavy atom. The van der Waals surface area contributed by atoms with Gasteiger partial charge in [0.1, 0.15) is 29.1 Å². The van der Waals surface area contributed by atoms with Gasteiger partial charge in [-0.3, -0.25) is 4.90 Å². The molecule has 0 saturated carbocycles. The summed E-state index contributed by atoms with van der Waals surface area (Å²) in [6, 6.07) is 20.3. The fraction of sp³-hybridized carbons (Fsp3) is 0.333. The number of hydrogen-bond donors (Lipinski definition) is 0. The molecular weight excluding hydrogens is 484 g/mol. The van der Waals surface area contributed by atoms with Crippen LogP contribution in [0.5, 0.6) is 11.5 Å². The summed E-state index contributed by atoms with van der Waals surface area (Å²) in [5.41, 5.74) is 2.28. The molecule has 2 aromatic carbocycles. The van der Waals surface area contributed by atoms with Gasteiger partial charge in [0.25, 0.3) is 0 Å². The summed E-state index contributed by atoms with van der Waals surface area (Å²) in [6.07, 6.45) is 8.69. The molecule has 2 aromatic heterocycles. The Bertz CT molecular complexity index is 1370. The number of rotatable bonds is 8. The van der Waals surface area contributed by atoms with Crippen molar-refractivity contribution in [1.29, 1.82) is 0 Å². The first-order valence-electron chi connectivity index (χ1n) is 12.9. The molecule has 6 nitrogen and oxygen atoms in total. The van der Waals surface area contributed by atoms with Crippen molar-refractivity contribution in [2.45, 2.75) is 37.8 Å². The monoisotopic (exact) mass is 514 g/mol. The summed E-state index contributed by atoms with van der Waals surface area (Å²) in [7, 11) is 1.68. The fourth-order valence-corrected chi connectivity index (χ4v) is 5.96. The van der Waals surface area contributed by atoms with E-state index in [1.165, 1.54) is 38.8 Å². The number of halogens is 1. The molecule has 190 valence electrons. The molecular formula is C30H31ClN4O2. The first kappa shape index (κ1) is 24.0. The van der Waals surface area contributed by atoms with Crippen LogP contribution in [0, 0.1) is 0 Å². The Morgan fingerprint density at radius 2 is 1.73 bits per heavy atom. The first-order valence-corrected chi connectivity index (χ1v) is 13.3. The van der Waals surface area contributed by atoms with Gasteiger partial charge in [-0.05, 0) is 98.3 Å². The van der Waals surface area contributed by atoms with E-state index in [0.717, 1.165) is 45.9 Å². The minimum Gasteiger partial charge on any atom is -0.497 e. The molecule has 4 heterocycles. The van der Waals surface area contributed by atoms with Crippen molar-refractivity contribution in [1.82, 2.24) is 14.9 Å². The minimum atomic E-state index is 0.231. The molecule has 0 atom stereocenters. The van der Waals surface area contributed by atoms with Crippen molar-refractivity contribution in [3.8, 4) is 11.5 Å². The van der Waals surface area contributed by atoms with Crippen molar-refractivity contribution in [2.24, 2.45) is 0 Å². The van der Waals surface area contributed by atoms with Gasteiger partial charge in [0.05, 0.1) is 24.5 Å². The van der Waals surface area contributed by atoms with Crippen LogP contribution in [-0.2, 0) is 6.54 Å². The number of benzene rings is 2. The minimum absolute atomic E-state index is 0.231. The van der Waals surface area contributed by atoms with Crippen molar-refractivity contribution in [2.75, 3.05) is 31.7 Å². The van der Waals surface area contributed by atoms with Gasteiger partial charge in [0.15, 0.2) is 0 Å². The van der Waals surface area contributed by atoms with Gasteiger partial charge in [0, 0.05) is 18.1 Å². The second-order valence-electron chi connectivity index (χ2n) is 10.00. The molecule has 37 heavy (non-hydrogen) atoms. The van der Waals surface area contributed by atoms with E-state index in [1.54, 1.807) is 13.3 Å². The number of fused-ring (bicyclic) bond motifs is 2. The van der Waals surface area contributed by atoms with E-state index in [9.17, 15) is 0 Å². The van der Waals surface area contributed by atoms with Crippen LogP contribution in [0.4, 0.5) is 11.5 Å². The van der Waals surface area contributed by atoms with Crippen LogP contribution < -0.4 is 14.4 Å². The number of anilines is 2. The molecule has 2 aliphatic heterocycles. The third-order valence-corrected chi connectivity index (χ3v) is 8.04. The SMILES string of the molecule is COc1ccc(CN(c2ccc(Cl)nc2)c2nccc3cc(OCC45CCCN4CCC5)ccc23)cc1. The molecule has 0 bridgehead atoms. The van der Waals surface area contributed by atoms with Gasteiger partial charge < -0.3 is 14.4 Å². The molecule has 0 radical (unpaired) electrons. The van der Waals surface area contributed by atoms with Gasteiger partial charge in [0.2, 0.25) is 0 Å². The van der Waals surface area contributed by atoms with E-state index < -0.39 is 0 Å². The average molecular weight is 515 g/mol. The van der Waals surface area contributed by atoms with Crippen LogP contribution in [0.3, 0.4) is 0 Å². The normalized spacial score (nSPS) is 16.6. The highest BCUT2D eigenvalue weighted by Gasteiger charge is 2.44. The number of hydrogen-bond acceptors (Lipinski definition) is 6. The standard InChI is InChI=1S/C30H31ClN4O2/c1-36-25-7-4-22(5-8-25)20-35(24-6-11-28(31)33-19-24)29-27-10-9-26(18-23(27)12-15-32-29)37-21-30-13-2-16-34(30)17-3-14-30/h4-12,15,18-19H,2-3,13-14,16-17,20-21H2,1H3. The maximum atomic E-state index is 6.41. The van der Waals surface area contributed by atoms with Crippen LogP contribution in [0.15, 0.2) is 73.1 Å². The highest BCUT2D eigenvalue weighted by atomic mass is 35.5. The van der Waals surface area contributed by atoms with E-state index in [0.29, 0.717) is 11.7 Å². The second-order valence-corrected chi connectivity index (χ2v) is 10.4. The smallest absolute Gasteiger partial charge is 0.141 e. The zero-order valence-electron chi connectivity index (χ0n) is 21.1. The van der Waals surface area contributed by atoms with Crippen molar-refractivity contribution in [3.63, 3.8) is 0 Å². The van der Waals surface area contributed by atoms with Crippen molar-refractivity contribution >= 4 is 33.9 Å². The summed E-state index contributed by atoms with van der Waals surface area (Å²) in [5.74, 6) is 2.60. The Hall–Kier alpha value is -3.35. The number of ether oxygens (including phenoxy) is 2. The number of nitrogens with zero attached hydrogens (tertiary/aromatic N) is 4. The van der Waals surface area contributed by atoms with Gasteiger partial charge in [-0.15, -0.1) is 0 Å². The second kappa shape index (κ2) is 10.2. The Labute approximate surface area is 222 Å². The van der Waals surface area contributed by atoms with E-state index >= 15 is 0 Å². The largest absolute Gasteiger partial charge is 0.497 e. The molecule has 0 unspecified atom stereocenters. The Balaban J connectivity index is 1.31. The quantitative estimate of drug-likeness (QED) is 0.246. The molecule has 2 saturated heterocycles. The van der Waals surface area contributed by atoms with Crippen LogP contribution >= 0.6 is 11.6 Å². The average Bonchev–Trinajstić information content (AvgIpc) is 3.52. The molecule has 6 rings (SSSR count). The number of methoxy groups -OCH3 is 1. The predicted octanol–water partition coefficient (Wildman–Crippen LogP) is 6.64. The topological polar surface area (TPSA) is 50.7 Å². The lowest BCUT2D eigenvalue weighted by Gasteiger charge is -2.31. The van der Waals surface area contributed by atoms with Gasteiger partial charge >= 0.3 is 0 Å². The third kappa shape index (κ3) is 4.83. The summed E-state index contributed by atoms with van der Waals surface area (Å²) in [5, 5.41) is 2.61. The Morgan fingerprint density at radius 3 is 2.46 bits per heavy atom. The van der Waals surface area contributed by atoms with Crippen LogP contribution in [0.2, 0.25) is 5.15 Å². The lowest BCUT2D eigenvalue weighted by molar-refractivity contribution is 0.114. The fourth-order valence-electron chi connectivity index (χ4n) is 5.85. The summed E-state index contributed by atoms with van der Waals surface area (Å²) in [4.78, 5) is 13.9. The Kier molecular flexibility index (Phi) is 6.61. The van der Waals surface area contributed by atoms with Crippen molar-refractivity contribution < 1.29 is 9.47 Å². The summed E-state index contributed by atoms with van der Waals surface area (Å²) in [6.45, 7) is 3.80. The molecule has 4 aromatic rings. The van der Waals surface area contributed by atoms with Crippen LogP contribution in [-0.4, -0.2) is 47.2 Å². The maximum Gasteiger partial charge on any atom is 0.141 e. The number of aromatic nitrogens is 2. The molecule has 0 N–H and O–H groups in total. The molecule has 0 amide bonds. The van der Waals surface area contributed by atoms with Gasteiger partial charge in [-0.25, -0.2) is 9.97 Å². The summed E-state index contributed by atoms with van der Waals surface area (Å²) < 4.78 is 11.7. The molecule has 7 heteroatoms. The lowest BCUT2D eigenvalue weighted by atomic mass is 9.95. The predicted molar refractivity (Wildman–Crippen MR) is 148 cm³/mol. The zero-order chi connectivity index (χ0) is 25.2. The highest BCUT2D eigenvalue weighted by molar-refractivity contribution is 6.29. The lowest BCUT2D eigenvalue weighted by Crippen LogP contribution is -2.43. The van der Waals surface area contributed by atoms with Crippen LogP contribution in [0.1, 0.15) is 31.2 Å². The highest BCUT2D eigenvalue weighted by Crippen LogP contribution is 2.40. The molecule has 0 spiro atoms. The van der Waals surface area contributed by atoms with E-state index in [-0.39, 0.29) is 5.54 Å². The molecule has 2 fully saturated rings. The van der Waals surface area contributed by atoms with E-state index in [1.807, 2.05) is 36.5 Å². The maximum absolute atomic E-state index is 6.41. The number of pyridine rings is 2. The van der Waals surface area contributed by atoms with E-state index in [2.05, 4.69) is 45.1 Å². The zero-order valence-corrected chi connectivity index (χ0v) is 21.8. The van der Waals surface area contributed by atoms with Gasteiger partial charge in [-0.1, -0.05) is 23.7 Å².